The zero-order chi connectivity index (χ0) is 20.4. The number of benzene rings is 1. The molecule has 0 saturated carbocycles. The average molecular weight is 454 g/mol. The topological polar surface area (TPSA) is 111 Å². The van der Waals surface area contributed by atoms with Gasteiger partial charge in [-0.1, -0.05) is 35.0 Å². The van der Waals surface area contributed by atoms with Crippen molar-refractivity contribution in [2.45, 2.75) is 5.16 Å². The summed E-state index contributed by atoms with van der Waals surface area (Å²) in [5.74, 6) is 0.803. The van der Waals surface area contributed by atoms with Crippen LogP contribution in [0.4, 0.5) is 5.69 Å². The summed E-state index contributed by atoms with van der Waals surface area (Å²) < 4.78 is 12.4. The van der Waals surface area contributed by atoms with Gasteiger partial charge in [-0.05, 0) is 24.3 Å². The van der Waals surface area contributed by atoms with Crippen LogP contribution in [0.1, 0.15) is 0 Å². The van der Waals surface area contributed by atoms with Crippen molar-refractivity contribution in [2.75, 3.05) is 24.3 Å². The number of pyridine rings is 1. The highest BCUT2D eigenvalue weighted by molar-refractivity contribution is 7.99. The van der Waals surface area contributed by atoms with Crippen LogP contribution in [0.25, 0.3) is 5.69 Å². The average Bonchev–Trinajstić information content (AvgIpc) is 3.08. The number of aromatic nitrogens is 4. The number of H-pyrrole nitrogens is 1. The smallest absolute Gasteiger partial charge is 0.348 e. The van der Waals surface area contributed by atoms with Gasteiger partial charge >= 0.3 is 5.69 Å². The molecule has 3 heterocycles. The second-order valence-corrected chi connectivity index (χ2v) is 7.47. The number of thioether (sulfide) groups is 1. The standard InChI is InChI=1S/C17H13Cl2N5O4S/c18-13-4-2-10(15(19)21-13)20-14(25)8-29-17-23-22-16(26)24(17)9-1-3-11-12(7-9)28-6-5-27-11/h1-4,7H,5-6,8H2,(H,20,25)(H,22,26). The maximum absolute atomic E-state index is 12.3. The Kier molecular flexibility index (Phi) is 5.65. The van der Waals surface area contributed by atoms with E-state index >= 15 is 0 Å². The molecule has 0 unspecified atom stereocenters. The van der Waals surface area contributed by atoms with Gasteiger partial charge in [0.2, 0.25) is 5.91 Å². The summed E-state index contributed by atoms with van der Waals surface area (Å²) in [4.78, 5) is 28.4. The molecule has 0 radical (unpaired) electrons. The zero-order valence-electron chi connectivity index (χ0n) is 14.6. The molecule has 9 nitrogen and oxygen atoms in total. The summed E-state index contributed by atoms with van der Waals surface area (Å²) in [7, 11) is 0. The third-order valence-electron chi connectivity index (χ3n) is 3.85. The molecule has 1 amide bonds. The van der Waals surface area contributed by atoms with Crippen LogP contribution in [0.2, 0.25) is 10.3 Å². The van der Waals surface area contributed by atoms with Crippen LogP contribution in [-0.2, 0) is 4.79 Å². The summed E-state index contributed by atoms with van der Waals surface area (Å²) in [6.07, 6.45) is 0. The summed E-state index contributed by atoms with van der Waals surface area (Å²) in [5, 5.41) is 9.66. The van der Waals surface area contributed by atoms with Gasteiger partial charge in [0.05, 0.1) is 17.1 Å². The van der Waals surface area contributed by atoms with Gasteiger partial charge in [0.1, 0.15) is 18.4 Å². The number of nitrogens with one attached hydrogen (secondary N) is 2. The van der Waals surface area contributed by atoms with E-state index in [1.54, 1.807) is 24.3 Å². The molecular formula is C17H13Cl2N5O4S. The lowest BCUT2D eigenvalue weighted by Gasteiger charge is -2.19. The number of ether oxygens (including phenoxy) is 2. The van der Waals surface area contributed by atoms with Gasteiger partial charge in [0, 0.05) is 6.07 Å². The SMILES string of the molecule is O=C(CSc1n[nH]c(=O)n1-c1ccc2c(c1)OCCO2)Nc1ccc(Cl)nc1Cl. The fourth-order valence-electron chi connectivity index (χ4n) is 2.60. The molecule has 0 atom stereocenters. The van der Waals surface area contributed by atoms with Gasteiger partial charge in [-0.25, -0.2) is 19.4 Å². The van der Waals surface area contributed by atoms with E-state index in [1.807, 2.05) is 0 Å². The predicted octanol–water partition coefficient (Wildman–Crippen LogP) is 2.76. The molecule has 1 aromatic carbocycles. The minimum absolute atomic E-state index is 0.00615. The number of amides is 1. The number of fused-ring (bicyclic) bond motifs is 1. The Morgan fingerprint density at radius 3 is 2.79 bits per heavy atom. The number of hydrogen-bond donors (Lipinski definition) is 2. The van der Waals surface area contributed by atoms with Crippen molar-refractivity contribution in [1.82, 2.24) is 19.7 Å². The van der Waals surface area contributed by atoms with Crippen molar-refractivity contribution >= 4 is 46.6 Å². The van der Waals surface area contributed by atoms with Gasteiger partial charge in [-0.2, -0.15) is 0 Å². The Morgan fingerprint density at radius 2 is 2.00 bits per heavy atom. The minimum Gasteiger partial charge on any atom is -0.486 e. The van der Waals surface area contributed by atoms with Gasteiger partial charge in [-0.3, -0.25) is 4.79 Å². The number of carbonyl (C=O) groups is 1. The first kappa shape index (κ1) is 19.6. The van der Waals surface area contributed by atoms with E-state index in [0.29, 0.717) is 41.2 Å². The minimum atomic E-state index is -0.436. The highest BCUT2D eigenvalue weighted by atomic mass is 35.5. The quantitative estimate of drug-likeness (QED) is 0.451. The van der Waals surface area contributed by atoms with Crippen LogP contribution in [0.15, 0.2) is 40.3 Å². The van der Waals surface area contributed by atoms with E-state index in [-0.39, 0.29) is 22.0 Å². The first-order valence-electron chi connectivity index (χ1n) is 8.33. The number of carbonyl (C=O) groups excluding carboxylic acids is 1. The van der Waals surface area contributed by atoms with E-state index in [2.05, 4.69) is 20.5 Å². The number of halogens is 2. The summed E-state index contributed by atoms with van der Waals surface area (Å²) in [6.45, 7) is 0.905. The summed E-state index contributed by atoms with van der Waals surface area (Å²) >= 11 is 12.8. The number of hydrogen-bond acceptors (Lipinski definition) is 7. The molecule has 0 spiro atoms. The third kappa shape index (κ3) is 4.34. The molecule has 4 rings (SSSR count). The number of nitrogens with zero attached hydrogens (tertiary/aromatic N) is 3. The van der Waals surface area contributed by atoms with Gasteiger partial charge in [0.25, 0.3) is 0 Å². The van der Waals surface area contributed by atoms with Crippen molar-refractivity contribution in [2.24, 2.45) is 0 Å². The van der Waals surface area contributed by atoms with E-state index in [9.17, 15) is 9.59 Å². The third-order valence-corrected chi connectivity index (χ3v) is 5.28. The molecular weight excluding hydrogens is 441 g/mol. The molecule has 0 fully saturated rings. The lowest BCUT2D eigenvalue weighted by Crippen LogP contribution is -2.19. The fraction of sp³-hybridized carbons (Fsp3) is 0.176. The van der Waals surface area contributed by atoms with E-state index in [0.717, 1.165) is 11.8 Å². The van der Waals surface area contributed by atoms with Crippen molar-refractivity contribution in [3.8, 4) is 17.2 Å². The van der Waals surface area contributed by atoms with Crippen molar-refractivity contribution in [3.05, 3.63) is 51.1 Å². The van der Waals surface area contributed by atoms with Crippen LogP contribution >= 0.6 is 35.0 Å². The molecule has 0 saturated heterocycles. The molecule has 0 bridgehead atoms. The molecule has 1 aliphatic heterocycles. The first-order chi connectivity index (χ1) is 14.0. The van der Waals surface area contributed by atoms with Crippen molar-refractivity contribution in [3.63, 3.8) is 0 Å². The molecule has 1 aliphatic rings. The monoisotopic (exact) mass is 453 g/mol. The molecule has 2 aromatic heterocycles. The van der Waals surface area contributed by atoms with E-state index in [1.165, 1.54) is 10.6 Å². The lowest BCUT2D eigenvalue weighted by molar-refractivity contribution is -0.113. The second kappa shape index (κ2) is 8.36. The largest absolute Gasteiger partial charge is 0.486 e. The number of aromatic amines is 1. The van der Waals surface area contributed by atoms with Gasteiger partial charge in [-0.15, -0.1) is 5.10 Å². The maximum Gasteiger partial charge on any atom is 0.348 e. The summed E-state index contributed by atoms with van der Waals surface area (Å²) in [6, 6.07) is 8.20. The van der Waals surface area contributed by atoms with Gasteiger partial charge in [0.15, 0.2) is 21.8 Å². The molecule has 2 N–H and O–H groups in total. The van der Waals surface area contributed by atoms with Crippen LogP contribution in [0.3, 0.4) is 0 Å². The molecule has 29 heavy (non-hydrogen) atoms. The van der Waals surface area contributed by atoms with Crippen LogP contribution in [0.5, 0.6) is 11.5 Å². The van der Waals surface area contributed by atoms with E-state index < -0.39 is 5.69 Å². The van der Waals surface area contributed by atoms with Gasteiger partial charge < -0.3 is 14.8 Å². The van der Waals surface area contributed by atoms with Crippen LogP contribution in [0, 0.1) is 0 Å². The normalized spacial score (nSPS) is 12.6. The Labute approximate surface area is 178 Å². The summed E-state index contributed by atoms with van der Waals surface area (Å²) in [5.41, 5.74) is 0.448. The Morgan fingerprint density at radius 1 is 1.21 bits per heavy atom. The first-order valence-corrected chi connectivity index (χ1v) is 10.1. The van der Waals surface area contributed by atoms with Crippen molar-refractivity contribution in [1.29, 1.82) is 0 Å². The Bertz CT molecular complexity index is 1130. The number of rotatable bonds is 5. The van der Waals surface area contributed by atoms with Crippen LogP contribution in [-0.4, -0.2) is 44.6 Å². The highest BCUT2D eigenvalue weighted by Gasteiger charge is 2.17. The van der Waals surface area contributed by atoms with E-state index in [4.69, 9.17) is 32.7 Å². The van der Waals surface area contributed by atoms with Crippen molar-refractivity contribution < 1.29 is 14.3 Å². The fourth-order valence-corrected chi connectivity index (χ4v) is 3.75. The second-order valence-electron chi connectivity index (χ2n) is 5.78. The Hall–Kier alpha value is -2.69. The highest BCUT2D eigenvalue weighted by Crippen LogP contribution is 2.32. The lowest BCUT2D eigenvalue weighted by atomic mass is 10.2. The number of anilines is 1. The molecule has 12 heteroatoms. The van der Waals surface area contributed by atoms with Crippen LogP contribution < -0.4 is 20.5 Å². The Balaban J connectivity index is 1.49. The maximum atomic E-state index is 12.3. The molecule has 150 valence electrons. The molecule has 3 aromatic rings. The predicted molar refractivity (Wildman–Crippen MR) is 109 cm³/mol. The molecule has 0 aliphatic carbocycles. The zero-order valence-corrected chi connectivity index (χ0v) is 17.0.